The number of carbonyl (C=O) groups excluding carboxylic acids is 1. The molecular formula is C17H20N6O. The fourth-order valence-corrected chi connectivity index (χ4v) is 2.37. The Hall–Kier alpha value is -2.96. The molecular weight excluding hydrogens is 304 g/mol. The van der Waals surface area contributed by atoms with Crippen LogP contribution in [0.3, 0.4) is 0 Å². The SMILES string of the molecule is CC(C)(C)NC(=O)CNc1ncnc2c1cnn2-c1ccccc1. The fourth-order valence-electron chi connectivity index (χ4n) is 2.37. The maximum Gasteiger partial charge on any atom is 0.239 e. The fraction of sp³-hybridized carbons (Fsp3) is 0.294. The second-order valence-electron chi connectivity index (χ2n) is 6.50. The van der Waals surface area contributed by atoms with Crippen molar-refractivity contribution in [1.82, 2.24) is 25.1 Å². The minimum absolute atomic E-state index is 0.0929. The Balaban J connectivity index is 1.83. The van der Waals surface area contributed by atoms with Gasteiger partial charge in [-0.2, -0.15) is 5.10 Å². The van der Waals surface area contributed by atoms with Gasteiger partial charge in [-0.15, -0.1) is 0 Å². The Morgan fingerprint density at radius 2 is 1.92 bits per heavy atom. The lowest BCUT2D eigenvalue weighted by molar-refractivity contribution is -0.120. The van der Waals surface area contributed by atoms with Crippen molar-refractivity contribution in [2.24, 2.45) is 0 Å². The van der Waals surface area contributed by atoms with Gasteiger partial charge in [-0.3, -0.25) is 4.79 Å². The number of anilines is 1. The van der Waals surface area contributed by atoms with Crippen LogP contribution in [0, 0.1) is 0 Å². The summed E-state index contributed by atoms with van der Waals surface area (Å²) in [5.41, 5.74) is 1.34. The summed E-state index contributed by atoms with van der Waals surface area (Å²) in [6.45, 7) is 5.97. The molecule has 0 spiro atoms. The van der Waals surface area contributed by atoms with E-state index in [9.17, 15) is 4.79 Å². The van der Waals surface area contributed by atoms with Gasteiger partial charge in [0.15, 0.2) is 5.65 Å². The third-order valence-corrected chi connectivity index (χ3v) is 3.30. The largest absolute Gasteiger partial charge is 0.360 e. The summed E-state index contributed by atoms with van der Waals surface area (Å²) in [7, 11) is 0. The minimum atomic E-state index is -0.266. The zero-order valence-corrected chi connectivity index (χ0v) is 13.9. The number of aromatic nitrogens is 4. The van der Waals surface area contributed by atoms with Gasteiger partial charge in [0, 0.05) is 5.54 Å². The van der Waals surface area contributed by atoms with Gasteiger partial charge < -0.3 is 10.6 Å². The van der Waals surface area contributed by atoms with Crippen LogP contribution in [0.25, 0.3) is 16.7 Å². The van der Waals surface area contributed by atoms with Gasteiger partial charge in [-0.05, 0) is 32.9 Å². The molecule has 0 fully saturated rings. The summed E-state index contributed by atoms with van der Waals surface area (Å²) in [6.07, 6.45) is 3.17. The Morgan fingerprint density at radius 1 is 1.17 bits per heavy atom. The van der Waals surface area contributed by atoms with Crippen LogP contribution in [-0.2, 0) is 4.79 Å². The quantitative estimate of drug-likeness (QED) is 0.768. The summed E-state index contributed by atoms with van der Waals surface area (Å²) in [4.78, 5) is 20.5. The van der Waals surface area contributed by atoms with Crippen molar-refractivity contribution >= 4 is 22.8 Å². The van der Waals surface area contributed by atoms with Crippen LogP contribution >= 0.6 is 0 Å². The molecule has 2 N–H and O–H groups in total. The van der Waals surface area contributed by atoms with E-state index in [0.717, 1.165) is 11.1 Å². The Bertz CT molecular complexity index is 850. The molecule has 24 heavy (non-hydrogen) atoms. The normalized spacial score (nSPS) is 11.5. The van der Waals surface area contributed by atoms with E-state index in [4.69, 9.17) is 0 Å². The molecule has 7 nitrogen and oxygen atoms in total. The van der Waals surface area contributed by atoms with E-state index >= 15 is 0 Å². The molecule has 0 aliphatic rings. The molecule has 3 aromatic rings. The summed E-state index contributed by atoms with van der Waals surface area (Å²) in [6, 6.07) is 9.75. The predicted octanol–water partition coefficient (Wildman–Crippen LogP) is 2.14. The van der Waals surface area contributed by atoms with E-state index in [1.165, 1.54) is 6.33 Å². The highest BCUT2D eigenvalue weighted by Crippen LogP contribution is 2.21. The first kappa shape index (κ1) is 15.9. The molecule has 124 valence electrons. The third kappa shape index (κ3) is 3.51. The minimum Gasteiger partial charge on any atom is -0.360 e. The van der Waals surface area contributed by atoms with Gasteiger partial charge in [0.05, 0.1) is 23.8 Å². The maximum atomic E-state index is 12.0. The predicted molar refractivity (Wildman–Crippen MR) is 93.0 cm³/mol. The van der Waals surface area contributed by atoms with E-state index in [1.54, 1.807) is 10.9 Å². The third-order valence-electron chi connectivity index (χ3n) is 3.30. The molecule has 1 aromatic carbocycles. The molecule has 0 aliphatic carbocycles. The number of para-hydroxylation sites is 1. The molecule has 0 aliphatic heterocycles. The number of rotatable bonds is 4. The monoisotopic (exact) mass is 324 g/mol. The van der Waals surface area contributed by atoms with Crippen LogP contribution in [0.5, 0.6) is 0 Å². The molecule has 0 unspecified atom stereocenters. The number of fused-ring (bicyclic) bond motifs is 1. The summed E-state index contributed by atoms with van der Waals surface area (Å²) in [5, 5.41) is 11.1. The molecule has 2 heterocycles. The number of nitrogens with one attached hydrogen (secondary N) is 2. The average Bonchev–Trinajstić information content (AvgIpc) is 2.96. The van der Waals surface area contributed by atoms with E-state index < -0.39 is 0 Å². The van der Waals surface area contributed by atoms with Crippen molar-refractivity contribution in [2.45, 2.75) is 26.3 Å². The Kier molecular flexibility index (Phi) is 4.16. The van der Waals surface area contributed by atoms with Crippen LogP contribution in [0.1, 0.15) is 20.8 Å². The number of benzene rings is 1. The first-order valence-corrected chi connectivity index (χ1v) is 7.73. The van der Waals surface area contributed by atoms with Gasteiger partial charge in [0.2, 0.25) is 5.91 Å². The average molecular weight is 324 g/mol. The van der Waals surface area contributed by atoms with Gasteiger partial charge in [0.1, 0.15) is 12.1 Å². The molecule has 3 rings (SSSR count). The summed E-state index contributed by atoms with van der Waals surface area (Å²) in [5.74, 6) is 0.496. The van der Waals surface area contributed by atoms with Crippen molar-refractivity contribution in [2.75, 3.05) is 11.9 Å². The molecule has 0 saturated carbocycles. The van der Waals surface area contributed by atoms with E-state index in [2.05, 4.69) is 25.7 Å². The van der Waals surface area contributed by atoms with Crippen LogP contribution in [-0.4, -0.2) is 37.7 Å². The lowest BCUT2D eigenvalue weighted by Gasteiger charge is -2.20. The van der Waals surface area contributed by atoms with Gasteiger partial charge in [-0.1, -0.05) is 18.2 Å². The zero-order valence-electron chi connectivity index (χ0n) is 13.9. The standard InChI is InChI=1S/C17H20N6O/c1-17(2,3)22-14(24)10-18-15-13-9-21-23(16(13)20-11-19-15)12-7-5-4-6-8-12/h4-9,11H,10H2,1-3H3,(H,22,24)(H,18,19,20). The van der Waals surface area contributed by atoms with E-state index in [0.29, 0.717) is 11.5 Å². The zero-order chi connectivity index (χ0) is 17.2. The van der Waals surface area contributed by atoms with E-state index in [-0.39, 0.29) is 18.0 Å². The van der Waals surface area contributed by atoms with Crippen molar-refractivity contribution in [3.8, 4) is 5.69 Å². The maximum absolute atomic E-state index is 12.0. The first-order chi connectivity index (χ1) is 11.4. The number of nitrogens with zero attached hydrogens (tertiary/aromatic N) is 4. The van der Waals surface area contributed by atoms with Crippen LogP contribution in [0.15, 0.2) is 42.9 Å². The second kappa shape index (κ2) is 6.27. The van der Waals surface area contributed by atoms with Crippen molar-refractivity contribution in [3.63, 3.8) is 0 Å². The number of hydrogen-bond donors (Lipinski definition) is 2. The van der Waals surface area contributed by atoms with Crippen LogP contribution in [0.2, 0.25) is 0 Å². The highest BCUT2D eigenvalue weighted by molar-refractivity contribution is 5.89. The molecule has 0 bridgehead atoms. The van der Waals surface area contributed by atoms with Gasteiger partial charge >= 0.3 is 0 Å². The number of hydrogen-bond acceptors (Lipinski definition) is 5. The molecule has 2 aromatic heterocycles. The molecule has 1 amide bonds. The highest BCUT2D eigenvalue weighted by Gasteiger charge is 2.15. The molecule has 0 atom stereocenters. The molecule has 0 radical (unpaired) electrons. The first-order valence-electron chi connectivity index (χ1n) is 7.73. The lowest BCUT2D eigenvalue weighted by Crippen LogP contribution is -2.43. The number of amides is 1. The van der Waals surface area contributed by atoms with Gasteiger partial charge in [0.25, 0.3) is 0 Å². The van der Waals surface area contributed by atoms with Crippen LogP contribution in [0.4, 0.5) is 5.82 Å². The van der Waals surface area contributed by atoms with Gasteiger partial charge in [-0.25, -0.2) is 14.6 Å². The van der Waals surface area contributed by atoms with Crippen molar-refractivity contribution in [1.29, 1.82) is 0 Å². The number of carbonyl (C=O) groups is 1. The Labute approximate surface area is 140 Å². The second-order valence-corrected chi connectivity index (χ2v) is 6.50. The van der Waals surface area contributed by atoms with Crippen molar-refractivity contribution in [3.05, 3.63) is 42.9 Å². The molecule has 0 saturated heterocycles. The smallest absolute Gasteiger partial charge is 0.239 e. The van der Waals surface area contributed by atoms with E-state index in [1.807, 2.05) is 51.1 Å². The van der Waals surface area contributed by atoms with Crippen LogP contribution < -0.4 is 10.6 Å². The topological polar surface area (TPSA) is 84.7 Å². The molecule has 7 heteroatoms. The Morgan fingerprint density at radius 3 is 2.62 bits per heavy atom. The highest BCUT2D eigenvalue weighted by atomic mass is 16.2. The van der Waals surface area contributed by atoms with Crippen molar-refractivity contribution < 1.29 is 4.79 Å². The lowest BCUT2D eigenvalue weighted by atomic mass is 10.1. The summed E-state index contributed by atoms with van der Waals surface area (Å²) < 4.78 is 1.75. The summed E-state index contributed by atoms with van der Waals surface area (Å²) >= 11 is 0.